The third-order valence-electron chi connectivity index (χ3n) is 6.68. The highest BCUT2D eigenvalue weighted by molar-refractivity contribution is 5.75. The van der Waals surface area contributed by atoms with Gasteiger partial charge in [-0.15, -0.1) is 0 Å². The number of benzene rings is 1. The maximum Gasteiger partial charge on any atom is 0.317 e. The van der Waals surface area contributed by atoms with Gasteiger partial charge in [-0.2, -0.15) is 0 Å². The van der Waals surface area contributed by atoms with E-state index in [0.717, 1.165) is 58.7 Å². The lowest BCUT2D eigenvalue weighted by molar-refractivity contribution is 0.0351. The number of hydrogen-bond donors (Lipinski definition) is 1. The van der Waals surface area contributed by atoms with E-state index in [1.807, 2.05) is 0 Å². The van der Waals surface area contributed by atoms with Crippen molar-refractivity contribution in [2.75, 3.05) is 45.9 Å². The van der Waals surface area contributed by atoms with Crippen LogP contribution >= 0.6 is 0 Å². The summed E-state index contributed by atoms with van der Waals surface area (Å²) < 4.78 is 5.50. The Kier molecular flexibility index (Phi) is 11.1. The second-order valence-electron chi connectivity index (χ2n) is 9.33. The molecule has 2 aliphatic rings. The molecule has 5 heteroatoms. The molecule has 2 fully saturated rings. The van der Waals surface area contributed by atoms with Crippen molar-refractivity contribution >= 4 is 12.1 Å². The zero-order chi connectivity index (χ0) is 22.4. The summed E-state index contributed by atoms with van der Waals surface area (Å²) in [5.74, 6) is 0. The largest absolute Gasteiger partial charge is 0.379 e. The monoisotopic (exact) mass is 441 g/mol. The van der Waals surface area contributed by atoms with Crippen molar-refractivity contribution < 1.29 is 9.53 Å². The molecule has 1 N–H and O–H groups in total. The Morgan fingerprint density at radius 3 is 2.59 bits per heavy atom. The molecule has 1 aliphatic heterocycles. The van der Waals surface area contributed by atoms with Crippen molar-refractivity contribution in [3.63, 3.8) is 0 Å². The number of nitrogens with zero attached hydrogens (tertiary/aromatic N) is 2. The number of rotatable bonds is 11. The van der Waals surface area contributed by atoms with E-state index in [1.54, 1.807) is 0 Å². The van der Waals surface area contributed by atoms with Crippen LogP contribution in [0.4, 0.5) is 4.79 Å². The van der Waals surface area contributed by atoms with Crippen molar-refractivity contribution in [1.82, 2.24) is 15.1 Å². The molecule has 0 unspecified atom stereocenters. The third-order valence-corrected chi connectivity index (χ3v) is 6.68. The minimum atomic E-state index is 0.111. The highest BCUT2D eigenvalue weighted by Crippen LogP contribution is 2.19. The number of urea groups is 1. The van der Waals surface area contributed by atoms with E-state index in [9.17, 15) is 4.79 Å². The fraction of sp³-hybridized carbons (Fsp3) is 0.667. The van der Waals surface area contributed by atoms with Crippen LogP contribution in [0.15, 0.2) is 35.9 Å². The average molecular weight is 442 g/mol. The van der Waals surface area contributed by atoms with E-state index in [-0.39, 0.29) is 6.03 Å². The summed E-state index contributed by atoms with van der Waals surface area (Å²) in [5.41, 5.74) is 2.57. The number of carbonyl (C=O) groups excluding carboxylic acids is 1. The number of morpholine rings is 1. The molecule has 1 saturated heterocycles. The smallest absolute Gasteiger partial charge is 0.317 e. The molecule has 0 atom stereocenters. The van der Waals surface area contributed by atoms with Crippen LogP contribution in [0.5, 0.6) is 0 Å². The van der Waals surface area contributed by atoms with Gasteiger partial charge in [-0.25, -0.2) is 4.79 Å². The van der Waals surface area contributed by atoms with Gasteiger partial charge in [0.1, 0.15) is 0 Å². The second kappa shape index (κ2) is 14.3. The molecule has 178 valence electrons. The summed E-state index contributed by atoms with van der Waals surface area (Å²) >= 11 is 0. The first kappa shape index (κ1) is 24.8. The standard InChI is InChI=1S/C27H43N3O2/c1-2-3-6-13-25(22-24-11-7-4-8-12-24)23-30(17-16-29-18-20-32-21-19-29)27(31)28-26-14-9-5-10-15-26/h4,7-8,11-12,22,26H,2-3,5-6,9-10,13-21,23H2,1H3,(H,28,31)/b25-22+. The second-order valence-corrected chi connectivity index (χ2v) is 9.33. The topological polar surface area (TPSA) is 44.8 Å². The molecule has 0 radical (unpaired) electrons. The van der Waals surface area contributed by atoms with Crippen LogP contribution in [-0.2, 0) is 4.74 Å². The van der Waals surface area contributed by atoms with E-state index in [4.69, 9.17) is 4.74 Å². The lowest BCUT2D eigenvalue weighted by atomic mass is 9.96. The Morgan fingerprint density at radius 2 is 1.88 bits per heavy atom. The van der Waals surface area contributed by atoms with E-state index >= 15 is 0 Å². The Labute approximate surface area is 195 Å². The van der Waals surface area contributed by atoms with Crippen molar-refractivity contribution in [2.24, 2.45) is 0 Å². The van der Waals surface area contributed by atoms with Gasteiger partial charge < -0.3 is 15.0 Å². The molecule has 32 heavy (non-hydrogen) atoms. The number of hydrogen-bond acceptors (Lipinski definition) is 3. The number of unbranched alkanes of at least 4 members (excludes halogenated alkanes) is 2. The zero-order valence-electron chi connectivity index (χ0n) is 20.1. The number of nitrogens with one attached hydrogen (secondary N) is 1. The van der Waals surface area contributed by atoms with Crippen molar-refractivity contribution in [3.05, 3.63) is 41.5 Å². The molecule has 0 bridgehead atoms. The van der Waals surface area contributed by atoms with Gasteiger partial charge >= 0.3 is 6.03 Å². The first-order chi connectivity index (χ1) is 15.7. The minimum Gasteiger partial charge on any atom is -0.379 e. The van der Waals surface area contributed by atoms with Crippen LogP contribution < -0.4 is 5.32 Å². The van der Waals surface area contributed by atoms with Gasteiger partial charge in [0.05, 0.1) is 13.2 Å². The molecule has 0 aromatic heterocycles. The van der Waals surface area contributed by atoms with E-state index in [1.165, 1.54) is 49.7 Å². The highest BCUT2D eigenvalue weighted by Gasteiger charge is 2.22. The molecule has 2 amide bonds. The van der Waals surface area contributed by atoms with Crippen molar-refractivity contribution in [1.29, 1.82) is 0 Å². The van der Waals surface area contributed by atoms with Crippen LogP contribution in [0.25, 0.3) is 6.08 Å². The minimum absolute atomic E-state index is 0.111. The van der Waals surface area contributed by atoms with Crippen LogP contribution in [-0.4, -0.2) is 67.8 Å². The van der Waals surface area contributed by atoms with Crippen molar-refractivity contribution in [3.8, 4) is 0 Å². The highest BCUT2D eigenvalue weighted by atomic mass is 16.5. The summed E-state index contributed by atoms with van der Waals surface area (Å²) in [5, 5.41) is 3.36. The van der Waals surface area contributed by atoms with Crippen LogP contribution in [0.1, 0.15) is 70.3 Å². The van der Waals surface area contributed by atoms with Crippen LogP contribution in [0, 0.1) is 0 Å². The van der Waals surface area contributed by atoms with Gasteiger partial charge in [-0.1, -0.05) is 81.0 Å². The Bertz CT molecular complexity index is 679. The molecule has 1 saturated carbocycles. The van der Waals surface area contributed by atoms with Crippen molar-refractivity contribution in [2.45, 2.75) is 70.8 Å². The summed E-state index contributed by atoms with van der Waals surface area (Å²) in [6, 6.07) is 11.0. The fourth-order valence-corrected chi connectivity index (χ4v) is 4.68. The Morgan fingerprint density at radius 1 is 1.12 bits per heavy atom. The summed E-state index contributed by atoms with van der Waals surface area (Å²) in [6.45, 7) is 8.14. The molecule has 0 spiro atoms. The molecule has 1 aromatic rings. The van der Waals surface area contributed by atoms with E-state index < -0.39 is 0 Å². The van der Waals surface area contributed by atoms with E-state index in [0.29, 0.717) is 12.6 Å². The predicted molar refractivity (Wildman–Crippen MR) is 133 cm³/mol. The SMILES string of the molecule is CCCCC/C(=C\c1ccccc1)CN(CCN1CCOCC1)C(=O)NC1CCCCC1. The quantitative estimate of drug-likeness (QED) is 0.472. The predicted octanol–water partition coefficient (Wildman–Crippen LogP) is 5.33. The molecule has 1 heterocycles. The molecule has 1 aromatic carbocycles. The molecule has 3 rings (SSSR count). The number of ether oxygens (including phenoxy) is 1. The van der Waals surface area contributed by atoms with E-state index in [2.05, 4.69) is 58.4 Å². The molecule has 5 nitrogen and oxygen atoms in total. The van der Waals surface area contributed by atoms with Gasteiger partial charge in [0.2, 0.25) is 0 Å². The lowest BCUT2D eigenvalue weighted by Crippen LogP contribution is -2.49. The molecular weight excluding hydrogens is 398 g/mol. The molecule has 1 aliphatic carbocycles. The lowest BCUT2D eigenvalue weighted by Gasteiger charge is -2.32. The van der Waals surface area contributed by atoms with Gasteiger partial charge in [-0.05, 0) is 31.2 Å². The molecular formula is C27H43N3O2. The number of amides is 2. The summed E-state index contributed by atoms with van der Waals surface area (Å²) in [6.07, 6.45) is 13.0. The maximum atomic E-state index is 13.3. The van der Waals surface area contributed by atoms with Gasteiger partial charge in [0.15, 0.2) is 0 Å². The maximum absolute atomic E-state index is 13.3. The Hall–Kier alpha value is -1.85. The normalized spacial score (nSPS) is 18.5. The third kappa shape index (κ3) is 8.95. The fourth-order valence-electron chi connectivity index (χ4n) is 4.68. The first-order valence-electron chi connectivity index (χ1n) is 12.8. The van der Waals surface area contributed by atoms with Crippen LogP contribution in [0.2, 0.25) is 0 Å². The average Bonchev–Trinajstić information content (AvgIpc) is 2.83. The van der Waals surface area contributed by atoms with Gasteiger partial charge in [0, 0.05) is 38.8 Å². The Balaban J connectivity index is 1.68. The zero-order valence-corrected chi connectivity index (χ0v) is 20.1. The summed E-state index contributed by atoms with van der Waals surface area (Å²) in [7, 11) is 0. The van der Waals surface area contributed by atoms with Crippen LogP contribution in [0.3, 0.4) is 0 Å². The summed E-state index contributed by atoms with van der Waals surface area (Å²) in [4.78, 5) is 17.8. The first-order valence-corrected chi connectivity index (χ1v) is 12.8. The van der Waals surface area contributed by atoms with Gasteiger partial charge in [0.25, 0.3) is 0 Å². The number of carbonyl (C=O) groups is 1. The van der Waals surface area contributed by atoms with Gasteiger partial charge in [-0.3, -0.25) is 4.90 Å².